The Kier molecular flexibility index (Phi) is 14.0. The molecule has 3 N–H and O–H groups in total. The van der Waals surface area contributed by atoms with Crippen molar-refractivity contribution >= 4 is 44.6 Å². The molecule has 0 spiro atoms. The number of nitrogens with zero attached hydrogens (tertiary/aromatic N) is 4. The van der Waals surface area contributed by atoms with Gasteiger partial charge in [0.05, 0.1) is 19.2 Å². The summed E-state index contributed by atoms with van der Waals surface area (Å²) in [5.74, 6) is 0.0931. The molecule has 0 atom stereocenters. The van der Waals surface area contributed by atoms with E-state index in [0.717, 1.165) is 32.2 Å². The molecule has 0 aliphatic carbocycles. The Balaban J connectivity index is 1.54. The molecule has 0 amide bonds. The molecule has 10 nitrogen and oxygen atoms in total. The number of methoxy groups -OCH3 is 1. The molecule has 0 aromatic carbocycles. The third kappa shape index (κ3) is 12.3. The normalized spacial score (nSPS) is 11.8. The Hall–Kier alpha value is -1.98. The lowest BCUT2D eigenvalue weighted by Gasteiger charge is -2.07. The van der Waals surface area contributed by atoms with Crippen molar-refractivity contribution in [3.8, 4) is 0 Å². The quantitative estimate of drug-likeness (QED) is 0.137. The number of anilines is 1. The molecule has 204 valence electrons. The topological polar surface area (TPSA) is 142 Å². The van der Waals surface area contributed by atoms with E-state index in [1.807, 2.05) is 4.57 Å². The van der Waals surface area contributed by atoms with Crippen LogP contribution in [0.4, 0.5) is 5.82 Å². The molecule has 0 saturated carbocycles. The molecule has 2 aromatic heterocycles. The predicted octanol–water partition coefficient (Wildman–Crippen LogP) is 4.81. The Bertz CT molecular complexity index is 1030. The largest absolute Gasteiger partial charge is 0.469 e. The summed E-state index contributed by atoms with van der Waals surface area (Å²) in [6.45, 7) is 0.909. The minimum Gasteiger partial charge on any atom is -0.469 e. The van der Waals surface area contributed by atoms with E-state index in [4.69, 9.17) is 16.7 Å². The van der Waals surface area contributed by atoms with E-state index in [1.54, 1.807) is 6.33 Å². The molecule has 0 radical (unpaired) electrons. The number of imidazole rings is 1. The molecule has 2 aromatic rings. The molecule has 0 saturated heterocycles. The highest BCUT2D eigenvalue weighted by Gasteiger charge is 2.13. The number of nitrogens with two attached hydrogens (primary N) is 1. The Morgan fingerprint density at radius 3 is 2.08 bits per heavy atom. The van der Waals surface area contributed by atoms with Crippen molar-refractivity contribution in [2.45, 2.75) is 96.4 Å². The van der Waals surface area contributed by atoms with Crippen LogP contribution in [0.15, 0.2) is 6.33 Å². The minimum atomic E-state index is -3.56. The predicted molar refractivity (Wildman–Crippen MR) is 143 cm³/mol. The van der Waals surface area contributed by atoms with Crippen molar-refractivity contribution in [3.05, 3.63) is 11.6 Å². The van der Waals surface area contributed by atoms with Crippen molar-refractivity contribution in [1.82, 2.24) is 19.5 Å². The van der Waals surface area contributed by atoms with Gasteiger partial charge in [-0.05, 0) is 24.4 Å². The van der Waals surface area contributed by atoms with Crippen molar-refractivity contribution < 1.29 is 17.9 Å². The zero-order chi connectivity index (χ0) is 26.2. The van der Waals surface area contributed by atoms with E-state index >= 15 is 0 Å². The van der Waals surface area contributed by atoms with Crippen LogP contribution in [0.25, 0.3) is 11.2 Å². The number of hydrogen-bond donors (Lipinski definition) is 2. The summed E-state index contributed by atoms with van der Waals surface area (Å²) in [5.41, 5.74) is 1.20. The monoisotopic (exact) mass is 544 g/mol. The standard InChI is InChI=1S/C24H41ClN6O4S/c1-35-20(32)15-13-11-9-7-5-3-2-4-6-8-10-12-14-17-31-19-28-21-22(27-16-18-36(26,33)34)29-24(25)30-23(21)31/h19H,2-18H2,1H3,(H2,26,33,34)(H,27,29,30). The summed E-state index contributed by atoms with van der Waals surface area (Å²) in [5, 5.41) is 8.07. The smallest absolute Gasteiger partial charge is 0.305 e. The SMILES string of the molecule is COC(=O)CCCCCCCCCCCCCCCn1cnc2c(NCCS(N)(=O)=O)nc(Cl)nc21. The summed E-state index contributed by atoms with van der Waals surface area (Å²) < 4.78 is 28.9. The summed E-state index contributed by atoms with van der Waals surface area (Å²) in [6, 6.07) is 0. The molecule has 0 aliphatic rings. The maximum atomic E-state index is 11.1. The van der Waals surface area contributed by atoms with Gasteiger partial charge in [0.2, 0.25) is 15.3 Å². The molecule has 2 rings (SSSR count). The van der Waals surface area contributed by atoms with Crippen LogP contribution in [0.5, 0.6) is 0 Å². The van der Waals surface area contributed by atoms with Gasteiger partial charge in [-0.2, -0.15) is 9.97 Å². The first-order chi connectivity index (χ1) is 17.3. The first-order valence-corrected chi connectivity index (χ1v) is 15.1. The first kappa shape index (κ1) is 30.2. The van der Waals surface area contributed by atoms with Crippen LogP contribution >= 0.6 is 11.6 Å². The van der Waals surface area contributed by atoms with Crippen molar-refractivity contribution in [2.75, 3.05) is 24.7 Å². The van der Waals surface area contributed by atoms with Crippen LogP contribution < -0.4 is 10.5 Å². The number of primary sulfonamides is 1. The van der Waals surface area contributed by atoms with Gasteiger partial charge in [0.1, 0.15) is 0 Å². The molecule has 0 fully saturated rings. The molecular formula is C24H41ClN6O4S. The average Bonchev–Trinajstić information content (AvgIpc) is 3.23. The van der Waals surface area contributed by atoms with Gasteiger partial charge in [-0.15, -0.1) is 0 Å². The minimum absolute atomic E-state index is 0.0842. The highest BCUT2D eigenvalue weighted by molar-refractivity contribution is 7.89. The van der Waals surface area contributed by atoms with Crippen LogP contribution in [0.3, 0.4) is 0 Å². The Morgan fingerprint density at radius 1 is 0.972 bits per heavy atom. The fraction of sp³-hybridized carbons (Fsp3) is 0.750. The van der Waals surface area contributed by atoms with Crippen LogP contribution in [0, 0.1) is 0 Å². The third-order valence-corrected chi connectivity index (χ3v) is 7.07. The highest BCUT2D eigenvalue weighted by Crippen LogP contribution is 2.21. The van der Waals surface area contributed by atoms with Gasteiger partial charge >= 0.3 is 5.97 Å². The van der Waals surface area contributed by atoms with Crippen LogP contribution in [0.1, 0.15) is 89.9 Å². The van der Waals surface area contributed by atoms with E-state index in [-0.39, 0.29) is 23.6 Å². The Labute approximate surface area is 219 Å². The molecule has 12 heteroatoms. The molecule has 0 bridgehead atoms. The van der Waals surface area contributed by atoms with Crippen molar-refractivity contribution in [1.29, 1.82) is 0 Å². The summed E-state index contributed by atoms with van der Waals surface area (Å²) >= 11 is 6.07. The van der Waals surface area contributed by atoms with Crippen LogP contribution in [-0.2, 0) is 26.1 Å². The number of fused-ring (bicyclic) bond motifs is 1. The zero-order valence-electron chi connectivity index (χ0n) is 21.4. The second-order valence-corrected chi connectivity index (χ2v) is 11.2. The second-order valence-electron chi connectivity index (χ2n) is 9.17. The van der Waals surface area contributed by atoms with Crippen LogP contribution in [0.2, 0.25) is 5.28 Å². The number of esters is 1. The van der Waals surface area contributed by atoms with E-state index in [9.17, 15) is 13.2 Å². The molecule has 0 unspecified atom stereocenters. The number of aromatic nitrogens is 4. The average molecular weight is 545 g/mol. The first-order valence-electron chi connectivity index (χ1n) is 13.0. The number of sulfonamides is 1. The molecule has 36 heavy (non-hydrogen) atoms. The number of ether oxygens (including phenoxy) is 1. The van der Waals surface area contributed by atoms with E-state index in [1.165, 1.54) is 64.9 Å². The number of nitrogens with one attached hydrogen (secondary N) is 1. The molecule has 0 aliphatic heterocycles. The van der Waals surface area contributed by atoms with Gasteiger partial charge < -0.3 is 14.6 Å². The van der Waals surface area contributed by atoms with E-state index < -0.39 is 10.0 Å². The van der Waals surface area contributed by atoms with Gasteiger partial charge in [0.25, 0.3) is 0 Å². The number of carbonyl (C=O) groups excluding carboxylic acids is 1. The lowest BCUT2D eigenvalue weighted by Crippen LogP contribution is -2.22. The van der Waals surface area contributed by atoms with Gasteiger partial charge in [-0.1, -0.05) is 70.6 Å². The third-order valence-electron chi connectivity index (χ3n) is 6.12. The summed E-state index contributed by atoms with van der Waals surface area (Å²) in [7, 11) is -2.12. The van der Waals surface area contributed by atoms with Gasteiger partial charge in [0.15, 0.2) is 17.0 Å². The fourth-order valence-electron chi connectivity index (χ4n) is 4.11. The Morgan fingerprint density at radius 2 is 1.53 bits per heavy atom. The number of carbonyl (C=O) groups is 1. The van der Waals surface area contributed by atoms with Crippen molar-refractivity contribution in [3.63, 3.8) is 0 Å². The fourth-order valence-corrected chi connectivity index (χ4v) is 4.67. The van der Waals surface area contributed by atoms with E-state index in [2.05, 4.69) is 25.0 Å². The molecule has 2 heterocycles. The van der Waals surface area contributed by atoms with Gasteiger partial charge in [0, 0.05) is 19.5 Å². The van der Waals surface area contributed by atoms with Gasteiger partial charge in [-0.3, -0.25) is 4.79 Å². The number of rotatable bonds is 20. The number of hydrogen-bond acceptors (Lipinski definition) is 8. The lowest BCUT2D eigenvalue weighted by atomic mass is 10.0. The number of aryl methyl sites for hydroxylation is 1. The second kappa shape index (κ2) is 16.7. The van der Waals surface area contributed by atoms with Gasteiger partial charge in [-0.25, -0.2) is 18.5 Å². The molecular weight excluding hydrogens is 504 g/mol. The van der Waals surface area contributed by atoms with Crippen LogP contribution in [-0.4, -0.2) is 53.3 Å². The summed E-state index contributed by atoms with van der Waals surface area (Å²) in [4.78, 5) is 23.9. The summed E-state index contributed by atoms with van der Waals surface area (Å²) in [6.07, 6.45) is 17.9. The number of halogens is 1. The van der Waals surface area contributed by atoms with E-state index in [0.29, 0.717) is 23.4 Å². The highest BCUT2D eigenvalue weighted by atomic mass is 35.5. The maximum Gasteiger partial charge on any atom is 0.305 e. The maximum absolute atomic E-state index is 11.1. The lowest BCUT2D eigenvalue weighted by molar-refractivity contribution is -0.140. The van der Waals surface area contributed by atoms with Crippen molar-refractivity contribution in [2.24, 2.45) is 5.14 Å². The zero-order valence-corrected chi connectivity index (χ0v) is 23.0. The number of unbranched alkanes of at least 4 members (excludes halogenated alkanes) is 12.